The summed E-state index contributed by atoms with van der Waals surface area (Å²) in [5.41, 5.74) is 0. The molecule has 0 fully saturated rings. The van der Waals surface area contributed by atoms with Gasteiger partial charge < -0.3 is 5.32 Å². The highest BCUT2D eigenvalue weighted by atomic mass is 32.1. The van der Waals surface area contributed by atoms with Gasteiger partial charge in [-0.15, -0.1) is 0 Å². The second-order valence-electron chi connectivity index (χ2n) is 4.23. The Labute approximate surface area is 86.9 Å². The minimum Gasteiger partial charge on any atom is -0.352 e. The first-order chi connectivity index (χ1) is 5.86. The van der Waals surface area contributed by atoms with Gasteiger partial charge in [0.15, 0.2) is 0 Å². The smallest absolute Gasteiger partial charge is 0.233 e. The normalized spacial score (nSPS) is 16.0. The van der Waals surface area contributed by atoms with Crippen molar-refractivity contribution in [2.45, 2.75) is 45.9 Å². The average molecular weight is 203 g/mol. The molecule has 0 spiro atoms. The van der Waals surface area contributed by atoms with Crippen LogP contribution in [0, 0.1) is 11.8 Å². The van der Waals surface area contributed by atoms with Crippen molar-refractivity contribution >= 4 is 18.5 Å². The van der Waals surface area contributed by atoms with E-state index in [1.165, 1.54) is 0 Å². The second kappa shape index (κ2) is 5.53. The molecule has 0 aliphatic heterocycles. The molecule has 0 aliphatic carbocycles. The zero-order valence-electron chi connectivity index (χ0n) is 9.16. The van der Waals surface area contributed by atoms with Gasteiger partial charge in [0.25, 0.3) is 0 Å². The van der Waals surface area contributed by atoms with Crippen molar-refractivity contribution in [1.82, 2.24) is 5.32 Å². The molecule has 78 valence electrons. The minimum atomic E-state index is -0.193. The van der Waals surface area contributed by atoms with Crippen LogP contribution in [0.4, 0.5) is 0 Å². The first kappa shape index (κ1) is 12.8. The van der Waals surface area contributed by atoms with Gasteiger partial charge in [0.1, 0.15) is 0 Å². The van der Waals surface area contributed by atoms with Crippen LogP contribution in [0.15, 0.2) is 0 Å². The summed E-state index contributed by atoms with van der Waals surface area (Å²) in [5.74, 6) is 0.791. The molecule has 0 aromatic heterocycles. The molecular formula is C10H21NOS. The molecule has 1 N–H and O–H groups in total. The van der Waals surface area contributed by atoms with Crippen LogP contribution in [0.2, 0.25) is 0 Å². The molecular weight excluding hydrogens is 182 g/mol. The van der Waals surface area contributed by atoms with Crippen molar-refractivity contribution in [2.75, 3.05) is 0 Å². The maximum absolute atomic E-state index is 11.5. The van der Waals surface area contributed by atoms with E-state index < -0.39 is 0 Å². The van der Waals surface area contributed by atoms with Crippen LogP contribution in [-0.4, -0.2) is 17.2 Å². The molecule has 3 heteroatoms. The Balaban J connectivity index is 4.00. The van der Waals surface area contributed by atoms with E-state index in [2.05, 4.69) is 31.8 Å². The summed E-state index contributed by atoms with van der Waals surface area (Å²) in [6, 6.07) is 0.223. The number of thiol groups is 1. The summed E-state index contributed by atoms with van der Waals surface area (Å²) in [5, 5.41) is 2.75. The van der Waals surface area contributed by atoms with E-state index in [4.69, 9.17) is 0 Å². The molecule has 0 aromatic carbocycles. The topological polar surface area (TPSA) is 29.1 Å². The van der Waals surface area contributed by atoms with Gasteiger partial charge >= 0.3 is 0 Å². The monoisotopic (exact) mass is 203 g/mol. The van der Waals surface area contributed by atoms with E-state index in [1.807, 2.05) is 20.8 Å². The first-order valence-electron chi connectivity index (χ1n) is 4.84. The van der Waals surface area contributed by atoms with Crippen LogP contribution in [0.25, 0.3) is 0 Å². The molecule has 2 nitrogen and oxygen atoms in total. The fourth-order valence-corrected chi connectivity index (χ4v) is 0.854. The zero-order chi connectivity index (χ0) is 10.6. The number of rotatable bonds is 4. The molecule has 0 saturated carbocycles. The molecule has 0 heterocycles. The van der Waals surface area contributed by atoms with Crippen LogP contribution >= 0.6 is 12.6 Å². The summed E-state index contributed by atoms with van der Waals surface area (Å²) in [6.45, 7) is 10.2. The number of amides is 1. The summed E-state index contributed by atoms with van der Waals surface area (Å²) >= 11 is 4.25. The predicted octanol–water partition coefficient (Wildman–Crippen LogP) is 2.10. The molecule has 1 amide bonds. The van der Waals surface area contributed by atoms with Crippen molar-refractivity contribution in [3.63, 3.8) is 0 Å². The van der Waals surface area contributed by atoms with E-state index in [-0.39, 0.29) is 23.1 Å². The van der Waals surface area contributed by atoms with E-state index in [0.717, 1.165) is 0 Å². The number of hydrogen-bond donors (Lipinski definition) is 2. The van der Waals surface area contributed by atoms with Gasteiger partial charge in [-0.25, -0.2) is 0 Å². The number of carbonyl (C=O) groups is 1. The van der Waals surface area contributed by atoms with Crippen molar-refractivity contribution in [1.29, 1.82) is 0 Å². The highest BCUT2D eigenvalue weighted by Crippen LogP contribution is 2.10. The molecule has 0 saturated heterocycles. The summed E-state index contributed by atoms with van der Waals surface area (Å²) in [6.07, 6.45) is 0. The molecule has 2 unspecified atom stereocenters. The lowest BCUT2D eigenvalue weighted by molar-refractivity contribution is -0.122. The van der Waals surface area contributed by atoms with Gasteiger partial charge in [0.2, 0.25) is 5.91 Å². The Morgan fingerprint density at radius 3 is 1.85 bits per heavy atom. The van der Waals surface area contributed by atoms with Crippen LogP contribution in [0.1, 0.15) is 34.6 Å². The van der Waals surface area contributed by atoms with Crippen LogP contribution in [-0.2, 0) is 4.79 Å². The van der Waals surface area contributed by atoms with Crippen molar-refractivity contribution in [3.8, 4) is 0 Å². The molecule has 2 atom stereocenters. The highest BCUT2D eigenvalue weighted by Gasteiger charge is 2.19. The Kier molecular flexibility index (Phi) is 5.45. The van der Waals surface area contributed by atoms with Crippen molar-refractivity contribution in [3.05, 3.63) is 0 Å². The third-order valence-corrected chi connectivity index (χ3v) is 3.10. The maximum Gasteiger partial charge on any atom is 0.233 e. The molecule has 0 rings (SSSR count). The van der Waals surface area contributed by atoms with Gasteiger partial charge in [-0.05, 0) is 18.8 Å². The first-order valence-corrected chi connectivity index (χ1v) is 5.36. The lowest BCUT2D eigenvalue weighted by Gasteiger charge is -2.21. The Morgan fingerprint density at radius 2 is 1.54 bits per heavy atom. The standard InChI is InChI=1S/C10H21NOS/c1-6(2)8(5)11-10(12)9(13)7(3)4/h6-9,13H,1-5H3,(H,11,12). The van der Waals surface area contributed by atoms with E-state index in [1.54, 1.807) is 0 Å². The molecule has 0 bridgehead atoms. The SMILES string of the molecule is CC(C)C(C)NC(=O)C(S)C(C)C. The van der Waals surface area contributed by atoms with Crippen LogP contribution in [0.3, 0.4) is 0 Å². The van der Waals surface area contributed by atoms with Crippen molar-refractivity contribution < 1.29 is 4.79 Å². The minimum absolute atomic E-state index is 0.0412. The molecule has 0 aliphatic rings. The number of carbonyl (C=O) groups excluding carboxylic acids is 1. The Morgan fingerprint density at radius 1 is 1.08 bits per heavy atom. The average Bonchev–Trinajstić information content (AvgIpc) is 2.02. The Hall–Kier alpha value is -0.180. The molecule has 0 aromatic rings. The van der Waals surface area contributed by atoms with E-state index in [9.17, 15) is 4.79 Å². The highest BCUT2D eigenvalue weighted by molar-refractivity contribution is 7.81. The fourth-order valence-electron chi connectivity index (χ4n) is 0.779. The van der Waals surface area contributed by atoms with Crippen LogP contribution in [0.5, 0.6) is 0 Å². The van der Waals surface area contributed by atoms with E-state index >= 15 is 0 Å². The van der Waals surface area contributed by atoms with Gasteiger partial charge in [-0.3, -0.25) is 4.79 Å². The number of hydrogen-bond acceptors (Lipinski definition) is 2. The third kappa shape index (κ3) is 4.55. The van der Waals surface area contributed by atoms with Gasteiger partial charge in [-0.1, -0.05) is 27.7 Å². The maximum atomic E-state index is 11.5. The summed E-state index contributed by atoms with van der Waals surface area (Å²) in [4.78, 5) is 11.5. The lowest BCUT2D eigenvalue weighted by atomic mass is 10.0. The van der Waals surface area contributed by atoms with Crippen LogP contribution < -0.4 is 5.32 Å². The fraction of sp³-hybridized carbons (Fsp3) is 0.900. The van der Waals surface area contributed by atoms with Gasteiger partial charge in [-0.2, -0.15) is 12.6 Å². The van der Waals surface area contributed by atoms with Crippen molar-refractivity contribution in [2.24, 2.45) is 11.8 Å². The molecule has 0 radical (unpaired) electrons. The predicted molar refractivity (Wildman–Crippen MR) is 60.1 cm³/mol. The number of nitrogens with one attached hydrogen (secondary N) is 1. The molecule has 13 heavy (non-hydrogen) atoms. The van der Waals surface area contributed by atoms with Gasteiger partial charge in [0, 0.05) is 6.04 Å². The largest absolute Gasteiger partial charge is 0.352 e. The summed E-state index contributed by atoms with van der Waals surface area (Å²) in [7, 11) is 0. The Bertz CT molecular complexity index is 168. The summed E-state index contributed by atoms with van der Waals surface area (Å²) < 4.78 is 0. The zero-order valence-corrected chi connectivity index (χ0v) is 10.1. The quantitative estimate of drug-likeness (QED) is 0.673. The van der Waals surface area contributed by atoms with E-state index in [0.29, 0.717) is 5.92 Å². The third-order valence-electron chi connectivity index (χ3n) is 2.27. The van der Waals surface area contributed by atoms with Gasteiger partial charge in [0.05, 0.1) is 5.25 Å². The second-order valence-corrected chi connectivity index (χ2v) is 4.79. The lowest BCUT2D eigenvalue weighted by Crippen LogP contribution is -2.42.